The lowest BCUT2D eigenvalue weighted by Gasteiger charge is -2.49. The van der Waals surface area contributed by atoms with Gasteiger partial charge in [0, 0.05) is 23.0 Å². The van der Waals surface area contributed by atoms with Crippen molar-refractivity contribution in [3.63, 3.8) is 0 Å². The van der Waals surface area contributed by atoms with Crippen LogP contribution in [0, 0.1) is 0 Å². The lowest BCUT2D eigenvalue weighted by Crippen LogP contribution is -2.71. The van der Waals surface area contributed by atoms with Crippen LogP contribution in [0.2, 0.25) is 0 Å². The van der Waals surface area contributed by atoms with Crippen molar-refractivity contribution >= 4 is 69.3 Å². The van der Waals surface area contributed by atoms with E-state index in [0.717, 1.165) is 11.5 Å². The van der Waals surface area contributed by atoms with E-state index in [1.165, 1.54) is 39.1 Å². The van der Waals surface area contributed by atoms with Crippen LogP contribution in [-0.2, 0) is 19.2 Å². The largest absolute Gasteiger partial charge is 0.477 e. The van der Waals surface area contributed by atoms with Gasteiger partial charge in [0.1, 0.15) is 28.7 Å². The normalized spacial score (nSPS) is 19.2. The minimum Gasteiger partial charge on any atom is -0.477 e. The molecule has 0 bridgehead atoms. The van der Waals surface area contributed by atoms with Crippen LogP contribution in [0.15, 0.2) is 46.2 Å². The number of tetrazole rings is 1. The van der Waals surface area contributed by atoms with Gasteiger partial charge in [-0.05, 0) is 28.1 Å². The molecule has 5 heterocycles. The first-order chi connectivity index (χ1) is 18.4. The third kappa shape index (κ3) is 4.89. The molecule has 1 fully saturated rings. The predicted octanol–water partition coefficient (Wildman–Crippen LogP) is -0.609. The van der Waals surface area contributed by atoms with Gasteiger partial charge in [-0.1, -0.05) is 17.8 Å². The first-order valence-electron chi connectivity index (χ1n) is 10.7. The number of nitrogens with two attached hydrogens (primary N) is 1. The number of carboxylic acid groups (broad SMARTS) is 1. The number of oxime groups is 1. The molecule has 1 unspecified atom stereocenters. The molecule has 2 amide bonds. The zero-order valence-corrected chi connectivity index (χ0v) is 21.6. The Bertz CT molecular complexity index is 1500. The van der Waals surface area contributed by atoms with E-state index in [9.17, 15) is 19.5 Å². The van der Waals surface area contributed by atoms with Gasteiger partial charge in [-0.2, -0.15) is 9.36 Å². The number of aliphatic carboxylic acids is 1. The number of nitrogens with zero attached hydrogens (tertiary/aromatic N) is 9. The van der Waals surface area contributed by atoms with Crippen molar-refractivity contribution in [1.29, 1.82) is 0 Å². The molecule has 3 aromatic heterocycles. The van der Waals surface area contributed by atoms with Gasteiger partial charge in [0.2, 0.25) is 11.5 Å². The zero-order valence-electron chi connectivity index (χ0n) is 19.1. The Morgan fingerprint density at radius 2 is 2.26 bits per heavy atom. The van der Waals surface area contributed by atoms with Gasteiger partial charge >= 0.3 is 5.97 Å². The summed E-state index contributed by atoms with van der Waals surface area (Å²) in [5, 5.41) is 31.7. The Morgan fingerprint density at radius 1 is 1.42 bits per heavy atom. The number of β-lactam (4-membered cyclic amide) rings is 1. The number of anilines is 1. The number of amides is 2. The van der Waals surface area contributed by atoms with Crippen molar-refractivity contribution in [2.45, 2.75) is 16.4 Å². The summed E-state index contributed by atoms with van der Waals surface area (Å²) in [5.41, 5.74) is 6.25. The Balaban J connectivity index is 1.30. The highest BCUT2D eigenvalue weighted by atomic mass is 32.2. The molecule has 0 saturated carbocycles. The van der Waals surface area contributed by atoms with E-state index in [1.807, 2.05) is 0 Å². The maximum atomic E-state index is 13.0. The van der Waals surface area contributed by atoms with Gasteiger partial charge < -0.3 is 21.0 Å². The molecule has 0 spiro atoms. The van der Waals surface area contributed by atoms with Gasteiger partial charge in [0.25, 0.3) is 11.8 Å². The SMILES string of the molecule is C=CCON=C(C(=O)NC1C(=O)N2C(C(=O)O)=C(CSc3ccc4nnnn4n3)CS[C@@H]12)c1nsc(N)n1. The monoisotopic (exact) mass is 575 g/mol. The smallest absolute Gasteiger partial charge is 0.352 e. The van der Waals surface area contributed by atoms with Crippen LogP contribution >= 0.6 is 35.1 Å². The van der Waals surface area contributed by atoms with Crippen LogP contribution in [0.4, 0.5) is 5.13 Å². The fraction of sp³-hybridized carbons (Fsp3) is 0.263. The second kappa shape index (κ2) is 10.7. The molecule has 2 atom stereocenters. The predicted molar refractivity (Wildman–Crippen MR) is 136 cm³/mol. The van der Waals surface area contributed by atoms with Crippen LogP contribution in [0.3, 0.4) is 0 Å². The second-order valence-electron chi connectivity index (χ2n) is 7.59. The molecular formula is C19H17N11O5S3. The van der Waals surface area contributed by atoms with Crippen LogP contribution in [0.5, 0.6) is 0 Å². The average molecular weight is 576 g/mol. The van der Waals surface area contributed by atoms with Crippen molar-refractivity contribution in [3.05, 3.63) is 41.9 Å². The number of aromatic nitrogens is 7. The molecule has 38 heavy (non-hydrogen) atoms. The molecule has 4 N–H and O–H groups in total. The number of hydrogen-bond donors (Lipinski definition) is 3. The minimum atomic E-state index is -1.24. The molecule has 0 radical (unpaired) electrons. The van der Waals surface area contributed by atoms with Crippen LogP contribution in [0.25, 0.3) is 5.65 Å². The number of nitrogens with one attached hydrogen (secondary N) is 1. The molecule has 0 aromatic carbocycles. The van der Waals surface area contributed by atoms with Crippen molar-refractivity contribution in [3.8, 4) is 0 Å². The highest BCUT2D eigenvalue weighted by molar-refractivity contribution is 8.01. The molecule has 196 valence electrons. The third-order valence-electron chi connectivity index (χ3n) is 5.19. The quantitative estimate of drug-likeness (QED) is 0.0686. The minimum absolute atomic E-state index is 0.0255. The topological polar surface area (TPSA) is 216 Å². The number of rotatable bonds is 10. The summed E-state index contributed by atoms with van der Waals surface area (Å²) in [4.78, 5) is 48.3. The van der Waals surface area contributed by atoms with Crippen molar-refractivity contribution in [1.82, 2.24) is 44.8 Å². The number of hydrogen-bond acceptors (Lipinski definition) is 15. The Hall–Kier alpha value is -4.10. The summed E-state index contributed by atoms with van der Waals surface area (Å²) in [5.74, 6) is -2.03. The first kappa shape index (κ1) is 25.5. The Labute approximate surface area is 225 Å². The molecule has 3 aromatic rings. The standard InChI is InChI=1S/C19H17N11O5S3/c1-2-5-35-25-11(14-22-19(20)38-26-14)15(31)21-12-16(32)29-13(18(33)34)8(7-37-17(12)29)6-36-10-4-3-9-23-27-28-30(9)24-10/h2-4,12,17H,1,5-7H2,(H,21,31)(H,33,34)(H2,20,22,26)/t12?,17-/m0/s1. The number of nitrogen functional groups attached to an aromatic ring is 1. The molecule has 1 saturated heterocycles. The lowest BCUT2D eigenvalue weighted by atomic mass is 10.0. The number of fused-ring (bicyclic) bond motifs is 2. The van der Waals surface area contributed by atoms with E-state index in [4.69, 9.17) is 10.6 Å². The van der Waals surface area contributed by atoms with Crippen LogP contribution < -0.4 is 11.1 Å². The summed E-state index contributed by atoms with van der Waals surface area (Å²) in [6.07, 6.45) is 1.43. The van der Waals surface area contributed by atoms with Gasteiger partial charge in [-0.15, -0.1) is 38.4 Å². The summed E-state index contributed by atoms with van der Waals surface area (Å²) < 4.78 is 5.24. The summed E-state index contributed by atoms with van der Waals surface area (Å²) >= 11 is 3.49. The molecule has 5 rings (SSSR count). The van der Waals surface area contributed by atoms with Crippen molar-refractivity contribution in [2.75, 3.05) is 23.8 Å². The van der Waals surface area contributed by atoms with Crippen LogP contribution in [-0.4, -0.2) is 97.6 Å². The molecule has 2 aliphatic heterocycles. The van der Waals surface area contributed by atoms with E-state index in [0.29, 0.717) is 22.0 Å². The number of thioether (sulfide) groups is 2. The Morgan fingerprint density at radius 3 is 3.00 bits per heavy atom. The third-order valence-corrected chi connectivity index (χ3v) is 8.08. The fourth-order valence-electron chi connectivity index (χ4n) is 3.54. The van der Waals surface area contributed by atoms with Gasteiger partial charge in [-0.25, -0.2) is 4.79 Å². The fourth-order valence-corrected chi connectivity index (χ4v) is 6.32. The Kier molecular flexibility index (Phi) is 7.20. The highest BCUT2D eigenvalue weighted by Crippen LogP contribution is 2.41. The molecule has 16 nitrogen and oxygen atoms in total. The average Bonchev–Trinajstić information content (AvgIpc) is 3.56. The number of carboxylic acids is 1. The summed E-state index contributed by atoms with van der Waals surface area (Å²) in [7, 11) is 0. The van der Waals surface area contributed by atoms with E-state index >= 15 is 0 Å². The van der Waals surface area contributed by atoms with E-state index in [2.05, 4.69) is 47.0 Å². The van der Waals surface area contributed by atoms with E-state index in [1.54, 1.807) is 12.1 Å². The van der Waals surface area contributed by atoms with Crippen LogP contribution in [0.1, 0.15) is 5.82 Å². The van der Waals surface area contributed by atoms with E-state index < -0.39 is 29.2 Å². The molecule has 19 heteroatoms. The van der Waals surface area contributed by atoms with Gasteiger partial charge in [0.05, 0.1) is 0 Å². The first-order valence-corrected chi connectivity index (χ1v) is 13.5. The van der Waals surface area contributed by atoms with Crippen molar-refractivity contribution < 1.29 is 24.3 Å². The molecular weight excluding hydrogens is 558 g/mol. The molecule has 2 aliphatic rings. The van der Waals surface area contributed by atoms with Gasteiger partial charge in [-0.3, -0.25) is 14.5 Å². The number of carbonyl (C=O) groups excluding carboxylic acids is 2. The zero-order chi connectivity index (χ0) is 26.8. The summed E-state index contributed by atoms with van der Waals surface area (Å²) in [6, 6.07) is 2.43. The molecule has 0 aliphatic carbocycles. The van der Waals surface area contributed by atoms with Gasteiger partial charge in [0.15, 0.2) is 10.8 Å². The van der Waals surface area contributed by atoms with E-state index in [-0.39, 0.29) is 34.7 Å². The lowest BCUT2D eigenvalue weighted by molar-refractivity contribution is -0.150. The second-order valence-corrected chi connectivity index (χ2v) is 10.5. The van der Waals surface area contributed by atoms with Crippen molar-refractivity contribution in [2.24, 2.45) is 5.16 Å². The highest BCUT2D eigenvalue weighted by Gasteiger charge is 2.54. The summed E-state index contributed by atoms with van der Waals surface area (Å²) in [6.45, 7) is 3.54. The maximum Gasteiger partial charge on any atom is 0.352 e. The number of carbonyl (C=O) groups is 3. The maximum absolute atomic E-state index is 13.0.